The molecule has 1 saturated carbocycles. The summed E-state index contributed by atoms with van der Waals surface area (Å²) in [6, 6.07) is 0. The van der Waals surface area contributed by atoms with Crippen molar-refractivity contribution in [1.82, 2.24) is 4.72 Å². The van der Waals surface area contributed by atoms with Gasteiger partial charge in [0.15, 0.2) is 0 Å². The normalized spacial score (nSPS) is 19.1. The Hall–Kier alpha value is -0.660. The average Bonchev–Trinajstić information content (AvgIpc) is 2.36. The van der Waals surface area contributed by atoms with E-state index in [4.69, 9.17) is 0 Å². The molecule has 6 nitrogen and oxygen atoms in total. The minimum Gasteiger partial charge on any atom is -0.466 e. The lowest BCUT2D eigenvalue weighted by Gasteiger charge is -2.32. The summed E-state index contributed by atoms with van der Waals surface area (Å²) in [6.07, 6.45) is 3.99. The Morgan fingerprint density at radius 3 is 2.53 bits per heavy atom. The first-order valence-electron chi connectivity index (χ1n) is 6.72. The van der Waals surface area contributed by atoms with Crippen LogP contribution in [0.5, 0.6) is 0 Å². The maximum Gasteiger partial charge on any atom is 0.306 e. The molecule has 0 spiro atoms. The van der Waals surface area contributed by atoms with E-state index in [1.54, 1.807) is 6.92 Å². The molecule has 7 heteroatoms. The summed E-state index contributed by atoms with van der Waals surface area (Å²) in [5, 5.41) is 10.2. The molecule has 0 bridgehead atoms. The lowest BCUT2D eigenvalue weighted by Crippen LogP contribution is -2.44. The van der Waals surface area contributed by atoms with Crippen molar-refractivity contribution in [1.29, 1.82) is 0 Å². The van der Waals surface area contributed by atoms with E-state index in [0.717, 1.165) is 19.3 Å². The van der Waals surface area contributed by atoms with E-state index in [1.807, 2.05) is 0 Å². The van der Waals surface area contributed by atoms with E-state index in [2.05, 4.69) is 9.46 Å². The standard InChI is InChI=1S/C12H23NO5S/c1-2-18-11(14)6-9-19(16,17)13-10-12(15)7-4-3-5-8-12/h13,15H,2-10H2,1H3. The zero-order chi connectivity index (χ0) is 14.4. The van der Waals surface area contributed by atoms with Gasteiger partial charge in [0, 0.05) is 6.54 Å². The molecule has 2 N–H and O–H groups in total. The van der Waals surface area contributed by atoms with Gasteiger partial charge in [-0.1, -0.05) is 19.3 Å². The van der Waals surface area contributed by atoms with E-state index in [9.17, 15) is 18.3 Å². The topological polar surface area (TPSA) is 92.7 Å². The third kappa shape index (κ3) is 6.35. The van der Waals surface area contributed by atoms with Gasteiger partial charge in [0.1, 0.15) is 0 Å². The van der Waals surface area contributed by atoms with E-state index < -0.39 is 21.6 Å². The Labute approximate surface area is 114 Å². The highest BCUT2D eigenvalue weighted by molar-refractivity contribution is 7.89. The molecule has 0 aromatic heterocycles. The fourth-order valence-corrected chi connectivity index (χ4v) is 3.22. The van der Waals surface area contributed by atoms with E-state index in [-0.39, 0.29) is 25.3 Å². The lowest BCUT2D eigenvalue weighted by atomic mass is 9.85. The van der Waals surface area contributed by atoms with E-state index in [1.165, 1.54) is 0 Å². The minimum atomic E-state index is -3.54. The number of aliphatic hydroxyl groups is 1. The lowest BCUT2D eigenvalue weighted by molar-refractivity contribution is -0.142. The van der Waals surface area contributed by atoms with Crippen molar-refractivity contribution < 1.29 is 23.1 Å². The SMILES string of the molecule is CCOC(=O)CCS(=O)(=O)NCC1(O)CCCCC1. The Morgan fingerprint density at radius 1 is 1.32 bits per heavy atom. The molecule has 1 aliphatic carbocycles. The van der Waals surface area contributed by atoms with Gasteiger partial charge in [-0.2, -0.15) is 0 Å². The van der Waals surface area contributed by atoms with Gasteiger partial charge in [0.05, 0.1) is 24.4 Å². The number of hydrogen-bond acceptors (Lipinski definition) is 5. The summed E-state index contributed by atoms with van der Waals surface area (Å²) in [5.41, 5.74) is -0.935. The Balaban J connectivity index is 2.35. The van der Waals surface area contributed by atoms with Gasteiger partial charge in [-0.25, -0.2) is 13.1 Å². The molecule has 1 rings (SSSR count). The fourth-order valence-electron chi connectivity index (χ4n) is 2.15. The summed E-state index contributed by atoms with van der Waals surface area (Å²) in [4.78, 5) is 11.1. The van der Waals surface area contributed by atoms with Crippen LogP contribution in [0.15, 0.2) is 0 Å². The van der Waals surface area contributed by atoms with Gasteiger partial charge in [0.2, 0.25) is 10.0 Å². The van der Waals surface area contributed by atoms with Crippen LogP contribution in [0.1, 0.15) is 45.4 Å². The molecular formula is C12H23NO5S. The van der Waals surface area contributed by atoms with Gasteiger partial charge in [-0.05, 0) is 19.8 Å². The van der Waals surface area contributed by atoms with Gasteiger partial charge in [-0.3, -0.25) is 4.79 Å². The van der Waals surface area contributed by atoms with Crippen LogP contribution in [0.2, 0.25) is 0 Å². The van der Waals surface area contributed by atoms with Gasteiger partial charge < -0.3 is 9.84 Å². The Morgan fingerprint density at radius 2 is 1.95 bits per heavy atom. The number of sulfonamides is 1. The molecule has 0 saturated heterocycles. The molecule has 19 heavy (non-hydrogen) atoms. The van der Waals surface area contributed by atoms with Crippen LogP contribution in [-0.4, -0.2) is 44.0 Å². The first-order valence-corrected chi connectivity index (χ1v) is 8.37. The summed E-state index contributed by atoms with van der Waals surface area (Å²) in [5.74, 6) is -0.827. The van der Waals surface area contributed by atoms with Crippen molar-refractivity contribution in [3.05, 3.63) is 0 Å². The third-order valence-corrected chi connectivity index (χ3v) is 4.61. The van der Waals surface area contributed by atoms with Crippen LogP contribution >= 0.6 is 0 Å². The number of carbonyl (C=O) groups is 1. The maximum atomic E-state index is 11.7. The fraction of sp³-hybridized carbons (Fsp3) is 0.917. The molecular weight excluding hydrogens is 270 g/mol. The van der Waals surface area contributed by atoms with Crippen molar-refractivity contribution >= 4 is 16.0 Å². The van der Waals surface area contributed by atoms with Crippen molar-refractivity contribution in [2.75, 3.05) is 18.9 Å². The number of nitrogens with one attached hydrogen (secondary N) is 1. The summed E-state index contributed by atoms with van der Waals surface area (Å²) >= 11 is 0. The zero-order valence-corrected chi connectivity index (χ0v) is 12.2. The van der Waals surface area contributed by atoms with E-state index >= 15 is 0 Å². The van der Waals surface area contributed by atoms with E-state index in [0.29, 0.717) is 12.8 Å². The minimum absolute atomic E-state index is 0.0260. The second-order valence-corrected chi connectivity index (χ2v) is 6.91. The quantitative estimate of drug-likeness (QED) is 0.669. The molecule has 1 fully saturated rings. The van der Waals surface area contributed by atoms with Gasteiger partial charge in [0.25, 0.3) is 0 Å². The number of rotatable bonds is 7. The van der Waals surface area contributed by atoms with Crippen LogP contribution in [0.3, 0.4) is 0 Å². The first-order chi connectivity index (χ1) is 8.87. The first kappa shape index (κ1) is 16.4. The zero-order valence-electron chi connectivity index (χ0n) is 11.4. The predicted octanol–water partition coefficient (Wildman–Crippen LogP) is 0.554. The van der Waals surface area contributed by atoms with Gasteiger partial charge >= 0.3 is 5.97 Å². The van der Waals surface area contributed by atoms with Crippen molar-refractivity contribution in [2.24, 2.45) is 0 Å². The highest BCUT2D eigenvalue weighted by atomic mass is 32.2. The molecule has 0 heterocycles. The number of hydrogen-bond donors (Lipinski definition) is 2. The summed E-state index contributed by atoms with van der Waals surface area (Å²) in [6.45, 7) is 1.94. The molecule has 0 unspecified atom stereocenters. The summed E-state index contributed by atoms with van der Waals surface area (Å²) < 4.78 is 30.4. The predicted molar refractivity (Wildman–Crippen MR) is 71.1 cm³/mol. The van der Waals surface area contributed by atoms with Crippen molar-refractivity contribution in [3.8, 4) is 0 Å². The van der Waals surface area contributed by atoms with Crippen LogP contribution < -0.4 is 4.72 Å². The third-order valence-electron chi connectivity index (χ3n) is 3.29. The number of esters is 1. The molecule has 0 radical (unpaired) electrons. The molecule has 0 atom stereocenters. The van der Waals surface area contributed by atoms with Gasteiger partial charge in [-0.15, -0.1) is 0 Å². The van der Waals surface area contributed by atoms with Crippen LogP contribution in [0.25, 0.3) is 0 Å². The molecule has 0 amide bonds. The molecule has 1 aliphatic rings. The molecule has 112 valence electrons. The monoisotopic (exact) mass is 293 g/mol. The smallest absolute Gasteiger partial charge is 0.306 e. The Bertz CT molecular complexity index is 387. The average molecular weight is 293 g/mol. The van der Waals surface area contributed by atoms with Crippen LogP contribution in [0.4, 0.5) is 0 Å². The number of ether oxygens (including phenoxy) is 1. The second-order valence-electron chi connectivity index (χ2n) is 4.98. The molecule has 0 aliphatic heterocycles. The molecule has 0 aromatic carbocycles. The largest absolute Gasteiger partial charge is 0.466 e. The number of carbonyl (C=O) groups excluding carboxylic acids is 1. The van der Waals surface area contributed by atoms with Crippen molar-refractivity contribution in [3.63, 3.8) is 0 Å². The summed E-state index contributed by atoms with van der Waals surface area (Å²) in [7, 11) is -3.54. The second kappa shape index (κ2) is 7.21. The highest BCUT2D eigenvalue weighted by Crippen LogP contribution is 2.27. The Kier molecular flexibility index (Phi) is 6.22. The van der Waals surface area contributed by atoms with Crippen LogP contribution in [0, 0.1) is 0 Å². The van der Waals surface area contributed by atoms with Crippen molar-refractivity contribution in [2.45, 2.75) is 51.0 Å². The highest BCUT2D eigenvalue weighted by Gasteiger charge is 2.30. The maximum absolute atomic E-state index is 11.7. The van der Waals surface area contributed by atoms with Crippen LogP contribution in [-0.2, 0) is 19.6 Å². The molecule has 0 aromatic rings.